The van der Waals surface area contributed by atoms with Gasteiger partial charge in [-0.15, -0.1) is 0 Å². The number of benzene rings is 1. The van der Waals surface area contributed by atoms with Gasteiger partial charge in [-0.3, -0.25) is 0 Å². The third kappa shape index (κ3) is 3.19. The van der Waals surface area contributed by atoms with Crippen molar-refractivity contribution in [3.63, 3.8) is 0 Å². The number of ether oxygens (including phenoxy) is 1. The van der Waals surface area contributed by atoms with Crippen molar-refractivity contribution in [2.75, 3.05) is 6.54 Å². The summed E-state index contributed by atoms with van der Waals surface area (Å²) < 4.78 is 21.0. The first-order valence-corrected chi connectivity index (χ1v) is 7.72. The van der Waals surface area contributed by atoms with Crippen LogP contribution in [0.25, 0.3) is 16.9 Å². The van der Waals surface area contributed by atoms with Crippen molar-refractivity contribution in [3.8, 4) is 17.0 Å². The number of rotatable bonds is 5. The second kappa shape index (κ2) is 6.38. The molecule has 0 bridgehead atoms. The Hall–Kier alpha value is -2.40. The summed E-state index contributed by atoms with van der Waals surface area (Å²) in [6, 6.07) is 10.9. The number of halogens is 1. The third-order valence-electron chi connectivity index (χ3n) is 3.56. The zero-order valence-electron chi connectivity index (χ0n) is 13.3. The number of nitrogens with two attached hydrogens (primary N) is 1. The van der Waals surface area contributed by atoms with Crippen molar-refractivity contribution >= 4 is 5.65 Å². The highest BCUT2D eigenvalue weighted by molar-refractivity contribution is 5.67. The highest BCUT2D eigenvalue weighted by atomic mass is 19.1. The second-order valence-electron chi connectivity index (χ2n) is 5.71. The van der Waals surface area contributed by atoms with Crippen LogP contribution in [0.3, 0.4) is 0 Å². The normalized spacial score (nSPS) is 11.3. The maximum absolute atomic E-state index is 13.5. The van der Waals surface area contributed by atoms with Crippen molar-refractivity contribution in [1.82, 2.24) is 9.38 Å². The molecule has 3 aromatic rings. The van der Waals surface area contributed by atoms with Gasteiger partial charge in [0.25, 0.3) is 0 Å². The zero-order chi connectivity index (χ0) is 16.4. The molecule has 0 radical (unpaired) electrons. The molecule has 3 rings (SSSR count). The summed E-state index contributed by atoms with van der Waals surface area (Å²) in [5, 5.41) is 0. The van der Waals surface area contributed by atoms with E-state index < -0.39 is 0 Å². The number of nitrogens with zero attached hydrogens (tertiary/aromatic N) is 2. The molecule has 0 fully saturated rings. The SMILES string of the molecule is CC(C)Oc1ccc(-c2nc3ccc(F)cn3c2CCN)cc1. The van der Waals surface area contributed by atoms with Crippen molar-refractivity contribution < 1.29 is 9.13 Å². The molecule has 0 unspecified atom stereocenters. The molecule has 2 N–H and O–H groups in total. The van der Waals surface area contributed by atoms with E-state index in [1.807, 2.05) is 38.1 Å². The fraction of sp³-hybridized carbons (Fsp3) is 0.278. The Morgan fingerprint density at radius 2 is 1.91 bits per heavy atom. The summed E-state index contributed by atoms with van der Waals surface area (Å²) in [5.41, 5.74) is 9.15. The average Bonchev–Trinajstić information content (AvgIpc) is 2.86. The Balaban J connectivity index is 2.06. The minimum Gasteiger partial charge on any atom is -0.491 e. The van der Waals surface area contributed by atoms with Crippen LogP contribution in [0.5, 0.6) is 5.75 Å². The minimum absolute atomic E-state index is 0.131. The molecule has 0 saturated carbocycles. The van der Waals surface area contributed by atoms with Gasteiger partial charge >= 0.3 is 0 Å². The summed E-state index contributed by atoms with van der Waals surface area (Å²) >= 11 is 0. The van der Waals surface area contributed by atoms with Crippen LogP contribution < -0.4 is 10.5 Å². The van der Waals surface area contributed by atoms with Crippen LogP contribution in [0.2, 0.25) is 0 Å². The van der Waals surface area contributed by atoms with Gasteiger partial charge in [0, 0.05) is 18.2 Å². The fourth-order valence-electron chi connectivity index (χ4n) is 2.64. The van der Waals surface area contributed by atoms with E-state index >= 15 is 0 Å². The van der Waals surface area contributed by atoms with E-state index in [9.17, 15) is 4.39 Å². The molecule has 0 aliphatic carbocycles. The molecule has 1 aromatic carbocycles. The van der Waals surface area contributed by atoms with Crippen molar-refractivity contribution in [1.29, 1.82) is 0 Å². The lowest BCUT2D eigenvalue weighted by molar-refractivity contribution is 0.242. The number of hydrogen-bond donors (Lipinski definition) is 1. The molecule has 2 heterocycles. The number of fused-ring (bicyclic) bond motifs is 1. The Labute approximate surface area is 134 Å². The number of imidazole rings is 1. The molecule has 0 aliphatic rings. The highest BCUT2D eigenvalue weighted by Crippen LogP contribution is 2.27. The lowest BCUT2D eigenvalue weighted by Gasteiger charge is -2.10. The molecular weight excluding hydrogens is 293 g/mol. The zero-order valence-corrected chi connectivity index (χ0v) is 13.3. The van der Waals surface area contributed by atoms with E-state index in [4.69, 9.17) is 10.5 Å². The maximum Gasteiger partial charge on any atom is 0.139 e. The molecule has 0 spiro atoms. The largest absolute Gasteiger partial charge is 0.491 e. The molecule has 5 heteroatoms. The summed E-state index contributed by atoms with van der Waals surface area (Å²) in [4.78, 5) is 4.63. The van der Waals surface area contributed by atoms with E-state index in [0.29, 0.717) is 18.6 Å². The van der Waals surface area contributed by atoms with Gasteiger partial charge in [0.2, 0.25) is 0 Å². The first kappa shape index (κ1) is 15.5. The van der Waals surface area contributed by atoms with Gasteiger partial charge in [-0.05, 0) is 56.8 Å². The lowest BCUT2D eigenvalue weighted by atomic mass is 10.1. The molecule has 23 heavy (non-hydrogen) atoms. The predicted molar refractivity (Wildman–Crippen MR) is 89.1 cm³/mol. The minimum atomic E-state index is -0.291. The molecule has 120 valence electrons. The quantitative estimate of drug-likeness (QED) is 0.785. The molecule has 2 aromatic heterocycles. The Bertz CT molecular complexity index is 809. The third-order valence-corrected chi connectivity index (χ3v) is 3.56. The molecule has 0 saturated heterocycles. The smallest absolute Gasteiger partial charge is 0.139 e. The van der Waals surface area contributed by atoms with Crippen LogP contribution in [0.1, 0.15) is 19.5 Å². The number of hydrogen-bond acceptors (Lipinski definition) is 3. The maximum atomic E-state index is 13.5. The van der Waals surface area contributed by atoms with Gasteiger partial charge in [0.1, 0.15) is 17.2 Å². The highest BCUT2D eigenvalue weighted by Gasteiger charge is 2.14. The van der Waals surface area contributed by atoms with Gasteiger partial charge in [0.05, 0.1) is 17.5 Å². The van der Waals surface area contributed by atoms with Crippen LogP contribution >= 0.6 is 0 Å². The van der Waals surface area contributed by atoms with Crippen LogP contribution in [-0.4, -0.2) is 22.0 Å². The standard InChI is InChI=1S/C18H20FN3O/c1-12(2)23-15-6-3-13(4-7-15)18-16(9-10-20)22-11-14(19)5-8-17(22)21-18/h3-8,11-12H,9-10,20H2,1-2H3. The van der Waals surface area contributed by atoms with Gasteiger partial charge in [-0.2, -0.15) is 0 Å². The summed E-state index contributed by atoms with van der Waals surface area (Å²) in [5.74, 6) is 0.527. The second-order valence-corrected chi connectivity index (χ2v) is 5.71. The summed E-state index contributed by atoms with van der Waals surface area (Å²) in [7, 11) is 0. The lowest BCUT2D eigenvalue weighted by Crippen LogP contribution is -2.06. The molecular formula is C18H20FN3O. The van der Waals surface area contributed by atoms with E-state index in [2.05, 4.69) is 4.98 Å². The first-order valence-electron chi connectivity index (χ1n) is 7.72. The van der Waals surface area contributed by atoms with Crippen molar-refractivity contribution in [2.24, 2.45) is 5.73 Å². The fourth-order valence-corrected chi connectivity index (χ4v) is 2.64. The number of pyridine rings is 1. The van der Waals surface area contributed by atoms with E-state index in [0.717, 1.165) is 22.7 Å². The summed E-state index contributed by atoms with van der Waals surface area (Å²) in [6.45, 7) is 4.46. The molecule has 0 aliphatic heterocycles. The van der Waals surface area contributed by atoms with E-state index in [1.165, 1.54) is 12.3 Å². The monoisotopic (exact) mass is 313 g/mol. The topological polar surface area (TPSA) is 52.5 Å². The first-order chi connectivity index (χ1) is 11.1. The summed E-state index contributed by atoms with van der Waals surface area (Å²) in [6.07, 6.45) is 2.21. The van der Waals surface area contributed by atoms with Crippen molar-refractivity contribution in [3.05, 3.63) is 54.1 Å². The molecule has 4 nitrogen and oxygen atoms in total. The van der Waals surface area contributed by atoms with E-state index in [-0.39, 0.29) is 11.9 Å². The average molecular weight is 313 g/mol. The Kier molecular flexibility index (Phi) is 4.30. The van der Waals surface area contributed by atoms with Gasteiger partial charge in [0.15, 0.2) is 0 Å². The molecule has 0 amide bonds. The van der Waals surface area contributed by atoms with Gasteiger partial charge in [-0.25, -0.2) is 9.37 Å². The van der Waals surface area contributed by atoms with E-state index in [1.54, 1.807) is 10.5 Å². The van der Waals surface area contributed by atoms with Gasteiger partial charge in [-0.1, -0.05) is 0 Å². The van der Waals surface area contributed by atoms with Crippen LogP contribution in [0, 0.1) is 5.82 Å². The van der Waals surface area contributed by atoms with Crippen molar-refractivity contribution in [2.45, 2.75) is 26.4 Å². The Morgan fingerprint density at radius 3 is 2.57 bits per heavy atom. The molecule has 0 atom stereocenters. The van der Waals surface area contributed by atoms with Crippen LogP contribution in [-0.2, 0) is 6.42 Å². The van der Waals surface area contributed by atoms with Gasteiger partial charge < -0.3 is 14.9 Å². The van der Waals surface area contributed by atoms with Crippen LogP contribution in [0.15, 0.2) is 42.6 Å². The predicted octanol–water partition coefficient (Wildman–Crippen LogP) is 3.43. The van der Waals surface area contributed by atoms with Crippen LogP contribution in [0.4, 0.5) is 4.39 Å². The number of aromatic nitrogens is 2. The Morgan fingerprint density at radius 1 is 1.17 bits per heavy atom.